The quantitative estimate of drug-likeness (QED) is 0.431. The Balaban J connectivity index is 2.01. The van der Waals surface area contributed by atoms with Gasteiger partial charge in [0.2, 0.25) is 0 Å². The van der Waals surface area contributed by atoms with Crippen molar-refractivity contribution >= 4 is 28.9 Å². The second kappa shape index (κ2) is 9.03. The zero-order valence-corrected chi connectivity index (χ0v) is 18.2. The molecule has 1 heterocycles. The fourth-order valence-electron chi connectivity index (χ4n) is 3.74. The molecule has 0 saturated heterocycles. The molecule has 1 aromatic heterocycles. The number of nitriles is 1. The Morgan fingerprint density at radius 2 is 1.72 bits per heavy atom. The summed E-state index contributed by atoms with van der Waals surface area (Å²) >= 11 is 6.30. The molecule has 0 atom stereocenters. The summed E-state index contributed by atoms with van der Waals surface area (Å²) in [6, 6.07) is 20.5. The minimum atomic E-state index is 0.563. The summed E-state index contributed by atoms with van der Waals surface area (Å²) in [5, 5.41) is 10.3. The Morgan fingerprint density at radius 3 is 2.31 bits per heavy atom. The van der Waals surface area contributed by atoms with Crippen LogP contribution in [0.15, 0.2) is 54.6 Å². The highest BCUT2D eigenvalue weighted by atomic mass is 35.5. The van der Waals surface area contributed by atoms with Gasteiger partial charge in [-0.3, -0.25) is 0 Å². The van der Waals surface area contributed by atoms with E-state index < -0.39 is 0 Å². The van der Waals surface area contributed by atoms with Crippen LogP contribution in [0.25, 0.3) is 17.3 Å². The van der Waals surface area contributed by atoms with E-state index in [9.17, 15) is 5.26 Å². The van der Waals surface area contributed by atoms with Gasteiger partial charge >= 0.3 is 0 Å². The van der Waals surface area contributed by atoms with Crippen LogP contribution in [0.1, 0.15) is 36.4 Å². The molecule has 0 fully saturated rings. The van der Waals surface area contributed by atoms with Crippen molar-refractivity contribution in [3.05, 3.63) is 82.1 Å². The van der Waals surface area contributed by atoms with Gasteiger partial charge < -0.3 is 9.47 Å². The zero-order chi connectivity index (χ0) is 21.0. The second-order valence-electron chi connectivity index (χ2n) is 7.00. The van der Waals surface area contributed by atoms with Crippen molar-refractivity contribution in [3.63, 3.8) is 0 Å². The van der Waals surface area contributed by atoms with Gasteiger partial charge in [0.05, 0.1) is 11.6 Å². The summed E-state index contributed by atoms with van der Waals surface area (Å²) in [5.41, 5.74) is 6.90. The second-order valence-corrected chi connectivity index (χ2v) is 7.41. The van der Waals surface area contributed by atoms with Gasteiger partial charge in [-0.05, 0) is 75.7 Å². The number of aryl methyl sites for hydroxylation is 1. The third-order valence-corrected chi connectivity index (χ3v) is 5.62. The molecule has 0 aliphatic rings. The van der Waals surface area contributed by atoms with Gasteiger partial charge in [-0.15, -0.1) is 0 Å². The monoisotopic (exact) mass is 403 g/mol. The Kier molecular flexibility index (Phi) is 6.46. The molecule has 3 rings (SSSR count). The van der Waals surface area contributed by atoms with E-state index in [0.29, 0.717) is 10.6 Å². The van der Waals surface area contributed by atoms with Crippen LogP contribution in [0.2, 0.25) is 5.02 Å². The molecule has 3 aromatic rings. The molecule has 0 spiro atoms. The van der Waals surface area contributed by atoms with Gasteiger partial charge in [0.15, 0.2) is 0 Å². The molecule has 0 radical (unpaired) electrons. The first-order valence-electron chi connectivity index (χ1n) is 9.91. The van der Waals surface area contributed by atoms with Gasteiger partial charge in [-0.2, -0.15) is 5.26 Å². The summed E-state index contributed by atoms with van der Waals surface area (Å²) < 4.78 is 2.22. The van der Waals surface area contributed by atoms with Gasteiger partial charge in [0.25, 0.3) is 0 Å². The number of benzene rings is 2. The number of nitrogens with zero attached hydrogens (tertiary/aromatic N) is 3. The van der Waals surface area contributed by atoms with E-state index in [2.05, 4.69) is 73.6 Å². The fraction of sp³-hybridized carbons (Fsp3) is 0.240. The maximum Gasteiger partial charge on any atom is 0.0998 e. The van der Waals surface area contributed by atoms with Gasteiger partial charge in [0.1, 0.15) is 0 Å². The van der Waals surface area contributed by atoms with Crippen LogP contribution < -0.4 is 4.90 Å². The Morgan fingerprint density at radius 1 is 1.07 bits per heavy atom. The van der Waals surface area contributed by atoms with E-state index in [0.717, 1.165) is 41.3 Å². The fourth-order valence-corrected chi connectivity index (χ4v) is 3.98. The summed E-state index contributed by atoms with van der Waals surface area (Å²) in [7, 11) is 0. The zero-order valence-electron chi connectivity index (χ0n) is 17.4. The number of hydrogen-bond donors (Lipinski definition) is 0. The molecule has 0 amide bonds. The number of allylic oxidation sites excluding steroid dienone is 1. The normalized spacial score (nSPS) is 11.4. The lowest BCUT2D eigenvalue weighted by Gasteiger charge is -2.21. The van der Waals surface area contributed by atoms with Gasteiger partial charge in [0, 0.05) is 46.4 Å². The maximum absolute atomic E-state index is 9.69. The highest BCUT2D eigenvalue weighted by molar-refractivity contribution is 6.32. The van der Waals surface area contributed by atoms with Crippen molar-refractivity contribution in [2.24, 2.45) is 0 Å². The van der Waals surface area contributed by atoms with Crippen molar-refractivity contribution in [1.29, 1.82) is 5.26 Å². The number of aromatic nitrogens is 1. The van der Waals surface area contributed by atoms with Crippen LogP contribution in [-0.2, 0) is 0 Å². The first-order chi connectivity index (χ1) is 14.0. The van der Waals surface area contributed by atoms with Crippen LogP contribution in [0.4, 0.5) is 5.69 Å². The molecule has 0 aliphatic carbocycles. The van der Waals surface area contributed by atoms with Crippen LogP contribution in [0.5, 0.6) is 0 Å². The Bertz CT molecular complexity index is 1060. The smallest absolute Gasteiger partial charge is 0.0998 e. The first-order valence-corrected chi connectivity index (χ1v) is 10.3. The minimum absolute atomic E-state index is 0.563. The Labute approximate surface area is 178 Å². The molecule has 0 bridgehead atoms. The van der Waals surface area contributed by atoms with E-state index >= 15 is 0 Å². The van der Waals surface area contributed by atoms with Crippen LogP contribution in [0, 0.1) is 25.2 Å². The molecule has 0 N–H and O–H groups in total. The average Bonchev–Trinajstić information content (AvgIpc) is 3.01. The van der Waals surface area contributed by atoms with E-state index in [1.54, 1.807) is 0 Å². The molecule has 2 aromatic carbocycles. The highest BCUT2D eigenvalue weighted by Crippen LogP contribution is 2.29. The summed E-state index contributed by atoms with van der Waals surface area (Å²) in [6.45, 7) is 10.5. The highest BCUT2D eigenvalue weighted by Gasteiger charge is 2.12. The average molecular weight is 404 g/mol. The standard InChI is InChI=1S/C25H26ClN3/c1-5-28(6-2)22-11-13-23(14-12-22)29-18(3)15-20(19(29)4)16-21(17-27)24-9-7-8-10-25(24)26/h7-16H,5-6H2,1-4H3. The number of hydrogen-bond acceptors (Lipinski definition) is 2. The van der Waals surface area contributed by atoms with E-state index in [4.69, 9.17) is 11.6 Å². The van der Waals surface area contributed by atoms with Crippen molar-refractivity contribution in [3.8, 4) is 11.8 Å². The Hall–Kier alpha value is -2.96. The predicted octanol–water partition coefficient (Wildman–Crippen LogP) is 6.66. The van der Waals surface area contributed by atoms with Crippen molar-refractivity contribution in [2.75, 3.05) is 18.0 Å². The third-order valence-electron chi connectivity index (χ3n) is 5.29. The van der Waals surface area contributed by atoms with E-state index in [1.165, 1.54) is 5.69 Å². The molecule has 0 aliphatic heterocycles. The molecule has 29 heavy (non-hydrogen) atoms. The molecule has 0 unspecified atom stereocenters. The summed E-state index contributed by atoms with van der Waals surface area (Å²) in [5.74, 6) is 0. The predicted molar refractivity (Wildman–Crippen MR) is 124 cm³/mol. The molecule has 148 valence electrons. The topological polar surface area (TPSA) is 32.0 Å². The number of rotatable bonds is 6. The molecule has 3 nitrogen and oxygen atoms in total. The summed E-state index contributed by atoms with van der Waals surface area (Å²) in [4.78, 5) is 2.33. The number of anilines is 1. The van der Waals surface area contributed by atoms with Crippen LogP contribution in [0.3, 0.4) is 0 Å². The molecular weight excluding hydrogens is 378 g/mol. The largest absolute Gasteiger partial charge is 0.372 e. The van der Waals surface area contributed by atoms with E-state index in [-0.39, 0.29) is 0 Å². The first kappa shape index (κ1) is 20.8. The lowest BCUT2D eigenvalue weighted by Crippen LogP contribution is -2.21. The lowest BCUT2D eigenvalue weighted by molar-refractivity contribution is 0.865. The van der Waals surface area contributed by atoms with Gasteiger partial charge in [-0.25, -0.2) is 0 Å². The molecular formula is C25H26ClN3. The van der Waals surface area contributed by atoms with Crippen molar-refractivity contribution in [2.45, 2.75) is 27.7 Å². The number of halogens is 1. The van der Waals surface area contributed by atoms with Crippen molar-refractivity contribution < 1.29 is 0 Å². The lowest BCUT2D eigenvalue weighted by atomic mass is 10.0. The SMILES string of the molecule is CCN(CC)c1ccc(-n2c(C)cc(C=C(C#N)c3ccccc3Cl)c2C)cc1. The van der Waals surface area contributed by atoms with Crippen LogP contribution >= 0.6 is 11.6 Å². The summed E-state index contributed by atoms with van der Waals surface area (Å²) in [6.07, 6.45) is 1.92. The molecule has 4 heteroatoms. The third kappa shape index (κ3) is 4.23. The van der Waals surface area contributed by atoms with Gasteiger partial charge in [-0.1, -0.05) is 29.8 Å². The maximum atomic E-state index is 9.69. The minimum Gasteiger partial charge on any atom is -0.372 e. The van der Waals surface area contributed by atoms with Crippen LogP contribution in [-0.4, -0.2) is 17.7 Å². The van der Waals surface area contributed by atoms with E-state index in [1.807, 2.05) is 30.3 Å². The molecule has 0 saturated carbocycles. The van der Waals surface area contributed by atoms with Crippen molar-refractivity contribution in [1.82, 2.24) is 4.57 Å².